The number of Topliss-reactive ketones (excluding diaryl/α,β-unsaturated/α-hetero) is 1. The molecule has 0 unspecified atom stereocenters. The van der Waals surface area contributed by atoms with Gasteiger partial charge in [0.1, 0.15) is 0 Å². The summed E-state index contributed by atoms with van der Waals surface area (Å²) in [7, 11) is 3.45. The highest BCUT2D eigenvalue weighted by atomic mass is 16.5. The van der Waals surface area contributed by atoms with Crippen molar-refractivity contribution >= 4 is 40.3 Å². The Balaban J connectivity index is 1.27. The van der Waals surface area contributed by atoms with E-state index in [9.17, 15) is 14.4 Å². The summed E-state index contributed by atoms with van der Waals surface area (Å²) in [6.45, 7) is 4.35. The van der Waals surface area contributed by atoms with Crippen molar-refractivity contribution in [3.8, 4) is 0 Å². The number of rotatable bonds is 8. The smallest absolute Gasteiger partial charge is 0.337 e. The molecule has 41 heavy (non-hydrogen) atoms. The Kier molecular flexibility index (Phi) is 7.19. The topological polar surface area (TPSA) is 91.0 Å². The summed E-state index contributed by atoms with van der Waals surface area (Å²) in [5.74, 6) is -0.409. The molecule has 3 aromatic rings. The molecule has 8 heteroatoms. The molecule has 210 valence electrons. The number of benzene rings is 3. The quantitative estimate of drug-likeness (QED) is 0.320. The van der Waals surface area contributed by atoms with Crippen LogP contribution in [0, 0.1) is 0 Å². The van der Waals surface area contributed by atoms with Gasteiger partial charge >= 0.3 is 5.97 Å². The number of ketones is 1. The van der Waals surface area contributed by atoms with Crippen LogP contribution in [-0.4, -0.2) is 74.3 Å². The molecule has 6 rings (SSSR count). The third-order valence-electron chi connectivity index (χ3n) is 8.45. The summed E-state index contributed by atoms with van der Waals surface area (Å²) in [6, 6.07) is 22.8. The van der Waals surface area contributed by atoms with Crippen molar-refractivity contribution in [1.29, 1.82) is 0 Å². The van der Waals surface area contributed by atoms with Crippen LogP contribution in [0.1, 0.15) is 39.9 Å². The monoisotopic (exact) mass is 550 g/mol. The lowest BCUT2D eigenvalue weighted by atomic mass is 9.90. The summed E-state index contributed by atoms with van der Waals surface area (Å²) in [4.78, 5) is 43.3. The number of piperazine rings is 1. The van der Waals surface area contributed by atoms with Crippen molar-refractivity contribution in [2.75, 3.05) is 57.5 Å². The number of carbonyl (C=O) groups excluding carboxylic acids is 3. The van der Waals surface area contributed by atoms with Gasteiger partial charge in [0, 0.05) is 37.4 Å². The molecule has 1 amide bonds. The van der Waals surface area contributed by atoms with E-state index in [0.29, 0.717) is 40.4 Å². The normalized spacial score (nSPS) is 19.2. The van der Waals surface area contributed by atoms with Crippen LogP contribution in [0.3, 0.4) is 0 Å². The van der Waals surface area contributed by atoms with Crippen LogP contribution < -0.4 is 10.6 Å². The standard InChI is InChI=1S/C33H34N4O4/c1-36-16-18-37(19-17-36)21-28(38)33(14-15-33)24-9-11-25(12-10-24)34-30(22-6-4-3-5-7-22)29-26-13-8-23(32(40)41-2)20-27(26)35-31(29)39/h3-13,20,34H,14-19,21H2,1-2H3,(H,35,39). The molecule has 8 nitrogen and oxygen atoms in total. The van der Waals surface area contributed by atoms with Crippen molar-refractivity contribution in [2.24, 2.45) is 0 Å². The number of hydrogen-bond acceptors (Lipinski definition) is 7. The SMILES string of the molecule is COC(=O)c1ccc2c(c1)NC(=O)C2=C(Nc1ccc(C2(C(=O)CN3CCN(C)CC3)CC2)cc1)c1ccccc1. The van der Waals surface area contributed by atoms with Crippen molar-refractivity contribution in [3.63, 3.8) is 0 Å². The lowest BCUT2D eigenvalue weighted by Crippen LogP contribution is -2.47. The molecule has 2 fully saturated rings. The highest BCUT2D eigenvalue weighted by molar-refractivity contribution is 6.37. The van der Waals surface area contributed by atoms with Crippen LogP contribution in [0.25, 0.3) is 11.3 Å². The molecule has 0 atom stereocenters. The minimum absolute atomic E-state index is 0.253. The zero-order valence-corrected chi connectivity index (χ0v) is 23.4. The van der Waals surface area contributed by atoms with E-state index in [1.807, 2.05) is 54.6 Å². The van der Waals surface area contributed by atoms with Gasteiger partial charge in [-0.3, -0.25) is 14.5 Å². The van der Waals surface area contributed by atoms with E-state index in [0.717, 1.165) is 55.8 Å². The number of amides is 1. The number of ether oxygens (including phenoxy) is 1. The molecule has 3 aliphatic rings. The zero-order valence-electron chi connectivity index (χ0n) is 23.4. The Morgan fingerprint density at radius 1 is 0.927 bits per heavy atom. The first-order chi connectivity index (χ1) is 19.9. The third-order valence-corrected chi connectivity index (χ3v) is 8.45. The Labute approximate surface area is 240 Å². The van der Waals surface area contributed by atoms with Crippen LogP contribution in [0.4, 0.5) is 11.4 Å². The molecule has 1 saturated heterocycles. The van der Waals surface area contributed by atoms with Gasteiger partial charge in [-0.1, -0.05) is 48.5 Å². The number of methoxy groups -OCH3 is 1. The number of nitrogens with one attached hydrogen (secondary N) is 2. The number of fused-ring (bicyclic) bond motifs is 1. The van der Waals surface area contributed by atoms with Gasteiger partial charge < -0.3 is 20.3 Å². The summed E-state index contributed by atoms with van der Waals surface area (Å²) in [5, 5.41) is 6.38. The maximum absolute atomic E-state index is 13.4. The summed E-state index contributed by atoms with van der Waals surface area (Å²) >= 11 is 0. The number of esters is 1. The van der Waals surface area contributed by atoms with Crippen LogP contribution in [0.5, 0.6) is 0 Å². The van der Waals surface area contributed by atoms with Crippen LogP contribution in [0.15, 0.2) is 72.8 Å². The van der Waals surface area contributed by atoms with E-state index in [-0.39, 0.29) is 11.3 Å². The zero-order chi connectivity index (χ0) is 28.6. The second kappa shape index (κ2) is 11.0. The molecule has 3 aromatic carbocycles. The third kappa shape index (κ3) is 5.28. The largest absolute Gasteiger partial charge is 0.465 e. The number of nitrogens with zero attached hydrogens (tertiary/aromatic N) is 2. The number of likely N-dealkylation sites (N-methyl/N-ethyl adjacent to an activating group) is 1. The Morgan fingerprint density at radius 2 is 1.63 bits per heavy atom. The van der Waals surface area contributed by atoms with E-state index in [4.69, 9.17) is 4.74 Å². The first-order valence-electron chi connectivity index (χ1n) is 14.0. The van der Waals surface area contributed by atoms with E-state index >= 15 is 0 Å². The molecule has 0 aromatic heterocycles. The maximum Gasteiger partial charge on any atom is 0.337 e. The second-order valence-electron chi connectivity index (χ2n) is 11.1. The van der Waals surface area contributed by atoms with Gasteiger partial charge in [0.25, 0.3) is 5.91 Å². The van der Waals surface area contributed by atoms with Crippen LogP contribution in [-0.2, 0) is 19.7 Å². The van der Waals surface area contributed by atoms with Crippen LogP contribution in [0.2, 0.25) is 0 Å². The fourth-order valence-corrected chi connectivity index (χ4v) is 5.78. The molecule has 2 aliphatic heterocycles. The molecule has 0 bridgehead atoms. The first-order valence-corrected chi connectivity index (χ1v) is 14.0. The van der Waals surface area contributed by atoms with Gasteiger partial charge in [-0.15, -0.1) is 0 Å². The van der Waals surface area contributed by atoms with Gasteiger partial charge in [-0.05, 0) is 55.3 Å². The van der Waals surface area contributed by atoms with Crippen molar-refractivity contribution in [1.82, 2.24) is 9.80 Å². The van der Waals surface area contributed by atoms with Gasteiger partial charge in [-0.2, -0.15) is 0 Å². The van der Waals surface area contributed by atoms with E-state index in [1.54, 1.807) is 18.2 Å². The maximum atomic E-state index is 13.4. The lowest BCUT2D eigenvalue weighted by Gasteiger charge is -2.32. The minimum Gasteiger partial charge on any atom is -0.465 e. The second-order valence-corrected chi connectivity index (χ2v) is 11.1. The highest BCUT2D eigenvalue weighted by Gasteiger charge is 2.50. The van der Waals surface area contributed by atoms with E-state index in [1.165, 1.54) is 7.11 Å². The molecule has 0 spiro atoms. The summed E-state index contributed by atoms with van der Waals surface area (Å²) in [5.41, 5.74) is 5.13. The molecule has 0 radical (unpaired) electrons. The van der Waals surface area contributed by atoms with Crippen molar-refractivity contribution in [3.05, 3.63) is 95.1 Å². The summed E-state index contributed by atoms with van der Waals surface area (Å²) < 4.78 is 4.84. The molecule has 2 heterocycles. The van der Waals surface area contributed by atoms with Gasteiger partial charge in [0.2, 0.25) is 0 Å². The Hall–Kier alpha value is -4.27. The highest BCUT2D eigenvalue weighted by Crippen LogP contribution is 2.49. The number of carbonyl (C=O) groups is 3. The lowest BCUT2D eigenvalue weighted by molar-refractivity contribution is -0.123. The average molecular weight is 551 g/mol. The molecular weight excluding hydrogens is 516 g/mol. The van der Waals surface area contributed by atoms with E-state index < -0.39 is 5.97 Å². The Morgan fingerprint density at radius 3 is 2.29 bits per heavy atom. The Bertz CT molecular complexity index is 1520. The van der Waals surface area contributed by atoms with E-state index in [2.05, 4.69) is 27.5 Å². The van der Waals surface area contributed by atoms with Gasteiger partial charge in [0.05, 0.1) is 41.6 Å². The van der Waals surface area contributed by atoms with Crippen LogP contribution >= 0.6 is 0 Å². The number of hydrogen-bond donors (Lipinski definition) is 2. The molecule has 1 aliphatic carbocycles. The van der Waals surface area contributed by atoms with Gasteiger partial charge in [0.15, 0.2) is 5.78 Å². The predicted octanol–water partition coefficient (Wildman–Crippen LogP) is 4.25. The number of anilines is 2. The van der Waals surface area contributed by atoms with Gasteiger partial charge in [-0.25, -0.2) is 4.79 Å². The predicted molar refractivity (Wildman–Crippen MR) is 160 cm³/mol. The average Bonchev–Trinajstić information content (AvgIpc) is 3.75. The summed E-state index contributed by atoms with van der Waals surface area (Å²) in [6.07, 6.45) is 1.77. The molecule has 2 N–H and O–H groups in total. The fourth-order valence-electron chi connectivity index (χ4n) is 5.78. The van der Waals surface area contributed by atoms with Crippen molar-refractivity contribution < 1.29 is 19.1 Å². The van der Waals surface area contributed by atoms with Crippen molar-refractivity contribution in [2.45, 2.75) is 18.3 Å². The first kappa shape index (κ1) is 26.9. The fraction of sp³-hybridized carbons (Fsp3) is 0.303. The molecule has 1 saturated carbocycles. The molecular formula is C33H34N4O4. The minimum atomic E-state index is -0.462.